The van der Waals surface area contributed by atoms with E-state index < -0.39 is 27.2 Å². The third-order valence-electron chi connectivity index (χ3n) is 6.92. The third-order valence-corrected chi connectivity index (χ3v) is 7.71. The number of hydrogen-bond acceptors (Lipinski definition) is 4. The minimum atomic E-state index is -3.50. The van der Waals surface area contributed by atoms with Crippen LogP contribution in [0.2, 0.25) is 0 Å². The van der Waals surface area contributed by atoms with Gasteiger partial charge in [-0.15, -0.1) is 0 Å². The largest absolute Gasteiger partial charge is 0.493 e. The van der Waals surface area contributed by atoms with E-state index in [1.165, 1.54) is 50.7 Å². The van der Waals surface area contributed by atoms with Crippen LogP contribution in [0.25, 0.3) is 0 Å². The van der Waals surface area contributed by atoms with Crippen LogP contribution in [-0.2, 0) is 16.3 Å². The molecule has 0 aliphatic heterocycles. The highest BCUT2D eigenvalue weighted by atomic mass is 32.2. The Morgan fingerprint density at radius 1 is 1.14 bits per heavy atom. The van der Waals surface area contributed by atoms with Gasteiger partial charge in [0.15, 0.2) is 15.6 Å². The number of carbonyl (C=O) groups is 1. The van der Waals surface area contributed by atoms with E-state index in [2.05, 4.69) is 0 Å². The number of halogens is 1. The lowest BCUT2D eigenvalue weighted by Crippen LogP contribution is -2.48. The van der Waals surface area contributed by atoms with Gasteiger partial charge in [-0.05, 0) is 74.3 Å². The summed E-state index contributed by atoms with van der Waals surface area (Å²) in [6.45, 7) is 2.54. The molecule has 154 valence electrons. The SMILES string of the molecule is CCc1cc(C(=O)CS(C)(=O)=O)c(F)cc1OCC12CC3CC(CC(C3)C1)C2. The van der Waals surface area contributed by atoms with Crippen LogP contribution in [0.1, 0.15) is 61.4 Å². The second-order valence-electron chi connectivity index (χ2n) is 9.49. The van der Waals surface area contributed by atoms with Crippen LogP contribution in [0, 0.1) is 29.0 Å². The van der Waals surface area contributed by atoms with Gasteiger partial charge in [-0.3, -0.25) is 4.79 Å². The van der Waals surface area contributed by atoms with Gasteiger partial charge in [0.2, 0.25) is 0 Å². The first kappa shape index (κ1) is 19.9. The number of rotatable bonds is 7. The molecule has 0 radical (unpaired) electrons. The second-order valence-corrected chi connectivity index (χ2v) is 11.6. The van der Waals surface area contributed by atoms with Crippen molar-refractivity contribution in [1.82, 2.24) is 0 Å². The molecule has 0 heterocycles. The number of aryl methyl sites for hydroxylation is 1. The van der Waals surface area contributed by atoms with Crippen molar-refractivity contribution in [2.45, 2.75) is 51.9 Å². The van der Waals surface area contributed by atoms with E-state index in [1.807, 2.05) is 6.92 Å². The van der Waals surface area contributed by atoms with Crippen LogP contribution < -0.4 is 4.74 Å². The minimum absolute atomic E-state index is 0.163. The van der Waals surface area contributed by atoms with Crippen molar-refractivity contribution in [1.29, 1.82) is 0 Å². The molecule has 0 atom stereocenters. The van der Waals surface area contributed by atoms with Gasteiger partial charge >= 0.3 is 0 Å². The van der Waals surface area contributed by atoms with Crippen molar-refractivity contribution in [2.75, 3.05) is 18.6 Å². The summed E-state index contributed by atoms with van der Waals surface area (Å²) in [6.07, 6.45) is 9.32. The molecule has 1 aromatic carbocycles. The first-order valence-corrected chi connectivity index (χ1v) is 12.4. The van der Waals surface area contributed by atoms with Gasteiger partial charge in [-0.2, -0.15) is 0 Å². The van der Waals surface area contributed by atoms with Crippen molar-refractivity contribution in [3.05, 3.63) is 29.1 Å². The lowest BCUT2D eigenvalue weighted by molar-refractivity contribution is -0.0746. The molecule has 4 nitrogen and oxygen atoms in total. The zero-order chi connectivity index (χ0) is 20.1. The maximum atomic E-state index is 14.6. The smallest absolute Gasteiger partial charge is 0.180 e. The van der Waals surface area contributed by atoms with Crippen LogP contribution in [-0.4, -0.2) is 32.8 Å². The van der Waals surface area contributed by atoms with E-state index in [9.17, 15) is 17.6 Å². The predicted octanol–water partition coefficient (Wildman–Crippen LogP) is 4.21. The first-order chi connectivity index (χ1) is 13.2. The summed E-state index contributed by atoms with van der Waals surface area (Å²) in [5.41, 5.74) is 0.813. The second kappa shape index (κ2) is 7.12. The van der Waals surface area contributed by atoms with E-state index in [-0.39, 0.29) is 11.0 Å². The highest BCUT2D eigenvalue weighted by Gasteiger charge is 2.51. The fourth-order valence-corrected chi connectivity index (χ4v) is 6.87. The highest BCUT2D eigenvalue weighted by Crippen LogP contribution is 2.60. The normalized spacial score (nSPS) is 31.2. The molecular weight excluding hydrogens is 379 g/mol. The molecule has 0 aromatic heterocycles. The maximum absolute atomic E-state index is 14.6. The number of hydrogen-bond donors (Lipinski definition) is 0. The van der Waals surface area contributed by atoms with Crippen molar-refractivity contribution >= 4 is 15.6 Å². The zero-order valence-electron chi connectivity index (χ0n) is 16.7. The standard InChI is InChI=1S/C22H29FO4S/c1-3-17-7-18(20(24)12-28(2,25)26)19(23)8-21(17)27-13-22-9-14-4-15(10-22)6-16(5-14)11-22/h7-8,14-16H,3-6,9-13H2,1-2H3. The molecule has 4 bridgehead atoms. The lowest BCUT2D eigenvalue weighted by Gasteiger charge is -2.56. The van der Waals surface area contributed by atoms with Crippen molar-refractivity contribution < 1.29 is 22.3 Å². The maximum Gasteiger partial charge on any atom is 0.180 e. The topological polar surface area (TPSA) is 60.4 Å². The van der Waals surface area contributed by atoms with Gasteiger partial charge in [0.05, 0.1) is 12.2 Å². The Morgan fingerprint density at radius 2 is 1.71 bits per heavy atom. The Balaban J connectivity index is 1.52. The van der Waals surface area contributed by atoms with Gasteiger partial charge in [-0.1, -0.05) is 6.92 Å². The fraction of sp³-hybridized carbons (Fsp3) is 0.682. The molecule has 5 rings (SSSR count). The zero-order valence-corrected chi connectivity index (χ0v) is 17.5. The Kier molecular flexibility index (Phi) is 5.05. The summed E-state index contributed by atoms with van der Waals surface area (Å²) in [4.78, 5) is 12.2. The predicted molar refractivity (Wildman–Crippen MR) is 106 cm³/mol. The number of ketones is 1. The van der Waals surface area contributed by atoms with Crippen LogP contribution in [0.15, 0.2) is 12.1 Å². The number of carbonyl (C=O) groups excluding carboxylic acids is 1. The van der Waals surface area contributed by atoms with Crippen LogP contribution in [0.3, 0.4) is 0 Å². The van der Waals surface area contributed by atoms with Crippen molar-refractivity contribution in [2.24, 2.45) is 23.2 Å². The van der Waals surface area contributed by atoms with E-state index >= 15 is 0 Å². The molecule has 0 amide bonds. The van der Waals surface area contributed by atoms with Crippen LogP contribution in [0.4, 0.5) is 4.39 Å². The van der Waals surface area contributed by atoms with Crippen LogP contribution in [0.5, 0.6) is 5.75 Å². The number of Topliss-reactive ketones (excluding diaryl/α,β-unsaturated/α-hetero) is 1. The monoisotopic (exact) mass is 408 g/mol. The van der Waals surface area contributed by atoms with Crippen molar-refractivity contribution in [3.8, 4) is 5.75 Å². The molecule has 28 heavy (non-hydrogen) atoms. The molecule has 4 aliphatic rings. The van der Waals surface area contributed by atoms with E-state index in [0.717, 1.165) is 29.6 Å². The fourth-order valence-electron chi connectivity index (χ4n) is 6.24. The summed E-state index contributed by atoms with van der Waals surface area (Å²) in [5.74, 6) is 0.885. The summed E-state index contributed by atoms with van der Waals surface area (Å²) in [5, 5.41) is 0. The molecule has 4 fully saturated rings. The molecule has 0 N–H and O–H groups in total. The molecular formula is C22H29FO4S. The highest BCUT2D eigenvalue weighted by molar-refractivity contribution is 7.91. The molecule has 6 heteroatoms. The molecule has 0 spiro atoms. The third kappa shape index (κ3) is 3.98. The summed E-state index contributed by atoms with van der Waals surface area (Å²) >= 11 is 0. The number of benzene rings is 1. The molecule has 1 aromatic rings. The molecule has 4 saturated carbocycles. The van der Waals surface area contributed by atoms with Gasteiger partial charge in [0.1, 0.15) is 17.3 Å². The minimum Gasteiger partial charge on any atom is -0.493 e. The van der Waals surface area contributed by atoms with Gasteiger partial charge in [-0.25, -0.2) is 12.8 Å². The molecule has 0 unspecified atom stereocenters. The quantitative estimate of drug-likeness (QED) is 0.634. The van der Waals surface area contributed by atoms with Gasteiger partial charge in [0.25, 0.3) is 0 Å². The Labute approximate surface area is 166 Å². The van der Waals surface area contributed by atoms with Gasteiger partial charge < -0.3 is 4.74 Å². The number of sulfone groups is 1. The van der Waals surface area contributed by atoms with E-state index in [0.29, 0.717) is 18.8 Å². The summed E-state index contributed by atoms with van der Waals surface area (Å²) in [7, 11) is -3.50. The van der Waals surface area contributed by atoms with Gasteiger partial charge in [0, 0.05) is 17.7 Å². The Hall–Kier alpha value is -1.43. The lowest BCUT2D eigenvalue weighted by atomic mass is 9.50. The van der Waals surface area contributed by atoms with E-state index in [4.69, 9.17) is 4.74 Å². The Morgan fingerprint density at radius 3 is 2.21 bits per heavy atom. The molecule has 0 saturated heterocycles. The molecule has 4 aliphatic carbocycles. The average Bonchev–Trinajstić information content (AvgIpc) is 2.57. The number of ether oxygens (including phenoxy) is 1. The average molecular weight is 409 g/mol. The first-order valence-electron chi connectivity index (χ1n) is 10.3. The summed E-state index contributed by atoms with van der Waals surface area (Å²) in [6, 6.07) is 2.74. The van der Waals surface area contributed by atoms with E-state index in [1.54, 1.807) is 0 Å². The Bertz CT molecular complexity index is 855. The van der Waals surface area contributed by atoms with Crippen LogP contribution >= 0.6 is 0 Å². The summed E-state index contributed by atoms with van der Waals surface area (Å²) < 4.78 is 43.5. The van der Waals surface area contributed by atoms with Crippen molar-refractivity contribution in [3.63, 3.8) is 0 Å².